The van der Waals surface area contributed by atoms with Crippen LogP contribution in [0.2, 0.25) is 0 Å². The first-order chi connectivity index (χ1) is 14.8. The number of alkyl halides is 3. The average molecular weight is 428 g/mol. The van der Waals surface area contributed by atoms with Crippen molar-refractivity contribution in [3.63, 3.8) is 0 Å². The standard InChI is InChI=1S/C22H19F3N4O2/c23-22(24,25)17-8-6-16(7-9-17)14-28-10-11-29-19(21(28)31)12-18(27-29)20(30)26-13-15-4-2-1-3-5-15/h1-9,12H,10-11,13-14H2,(H,26,30). The third-order valence-electron chi connectivity index (χ3n) is 5.05. The van der Waals surface area contributed by atoms with Gasteiger partial charge >= 0.3 is 6.18 Å². The molecule has 160 valence electrons. The lowest BCUT2D eigenvalue weighted by atomic mass is 10.1. The lowest BCUT2D eigenvalue weighted by Gasteiger charge is -2.27. The zero-order valence-electron chi connectivity index (χ0n) is 16.4. The van der Waals surface area contributed by atoms with Crippen LogP contribution in [0.5, 0.6) is 0 Å². The van der Waals surface area contributed by atoms with E-state index in [0.717, 1.165) is 17.7 Å². The summed E-state index contributed by atoms with van der Waals surface area (Å²) in [6.45, 7) is 1.26. The van der Waals surface area contributed by atoms with Crippen molar-refractivity contribution < 1.29 is 22.8 Å². The third kappa shape index (κ3) is 4.60. The highest BCUT2D eigenvalue weighted by atomic mass is 19.4. The number of aromatic nitrogens is 2. The summed E-state index contributed by atoms with van der Waals surface area (Å²) in [5.41, 5.74) is 1.23. The Balaban J connectivity index is 1.42. The topological polar surface area (TPSA) is 67.2 Å². The zero-order valence-corrected chi connectivity index (χ0v) is 16.4. The summed E-state index contributed by atoms with van der Waals surface area (Å²) in [6, 6.07) is 15.6. The number of rotatable bonds is 5. The van der Waals surface area contributed by atoms with E-state index in [0.29, 0.717) is 25.2 Å². The first kappa shape index (κ1) is 20.6. The molecule has 4 rings (SSSR count). The Morgan fingerprint density at radius 1 is 1.00 bits per heavy atom. The fourth-order valence-electron chi connectivity index (χ4n) is 3.39. The Bertz CT molecular complexity index is 1090. The minimum absolute atomic E-state index is 0.149. The second-order valence-electron chi connectivity index (χ2n) is 7.23. The van der Waals surface area contributed by atoms with E-state index >= 15 is 0 Å². The molecule has 2 heterocycles. The molecule has 0 bridgehead atoms. The molecule has 1 aliphatic heterocycles. The van der Waals surface area contributed by atoms with E-state index in [-0.39, 0.29) is 29.7 Å². The quantitative estimate of drug-likeness (QED) is 0.677. The Morgan fingerprint density at radius 2 is 1.71 bits per heavy atom. The number of carbonyl (C=O) groups is 2. The SMILES string of the molecule is O=C(NCc1ccccc1)c1cc2n(n1)CCN(Cc1ccc(C(F)(F)F)cc1)C2=O. The van der Waals surface area contributed by atoms with Crippen LogP contribution >= 0.6 is 0 Å². The molecule has 1 aromatic heterocycles. The summed E-state index contributed by atoms with van der Waals surface area (Å²) in [5, 5.41) is 7.00. The number of benzene rings is 2. The van der Waals surface area contributed by atoms with Gasteiger partial charge in [0, 0.05) is 25.7 Å². The van der Waals surface area contributed by atoms with E-state index in [9.17, 15) is 22.8 Å². The summed E-state index contributed by atoms with van der Waals surface area (Å²) in [5.74, 6) is -0.700. The van der Waals surface area contributed by atoms with Gasteiger partial charge in [0.15, 0.2) is 5.69 Å². The van der Waals surface area contributed by atoms with Crippen LogP contribution in [0.4, 0.5) is 13.2 Å². The smallest absolute Gasteiger partial charge is 0.347 e. The first-order valence-electron chi connectivity index (χ1n) is 9.66. The number of nitrogens with one attached hydrogen (secondary N) is 1. The van der Waals surface area contributed by atoms with Gasteiger partial charge in [-0.2, -0.15) is 18.3 Å². The minimum atomic E-state index is -4.40. The van der Waals surface area contributed by atoms with E-state index in [1.807, 2.05) is 30.3 Å². The Hall–Kier alpha value is -3.62. The van der Waals surface area contributed by atoms with E-state index < -0.39 is 11.7 Å². The Labute approximate surface area is 176 Å². The summed E-state index contributed by atoms with van der Waals surface area (Å²) in [7, 11) is 0. The molecule has 3 aromatic rings. The highest BCUT2D eigenvalue weighted by Crippen LogP contribution is 2.29. The zero-order chi connectivity index (χ0) is 22.0. The van der Waals surface area contributed by atoms with Crippen LogP contribution in [0.3, 0.4) is 0 Å². The summed E-state index contributed by atoms with van der Waals surface area (Å²) in [4.78, 5) is 26.8. The lowest BCUT2D eigenvalue weighted by Crippen LogP contribution is -2.39. The molecule has 0 radical (unpaired) electrons. The minimum Gasteiger partial charge on any atom is -0.347 e. The number of amides is 2. The van der Waals surface area contributed by atoms with Crippen molar-refractivity contribution in [3.8, 4) is 0 Å². The van der Waals surface area contributed by atoms with Crippen molar-refractivity contribution >= 4 is 11.8 Å². The van der Waals surface area contributed by atoms with Gasteiger partial charge in [-0.15, -0.1) is 0 Å². The van der Waals surface area contributed by atoms with Gasteiger partial charge in [-0.1, -0.05) is 42.5 Å². The molecule has 0 saturated heterocycles. The van der Waals surface area contributed by atoms with Gasteiger partial charge in [-0.25, -0.2) is 0 Å². The molecule has 6 nitrogen and oxygen atoms in total. The van der Waals surface area contributed by atoms with Crippen molar-refractivity contribution in [2.45, 2.75) is 25.8 Å². The van der Waals surface area contributed by atoms with Crippen LogP contribution in [0.15, 0.2) is 60.7 Å². The summed E-state index contributed by atoms with van der Waals surface area (Å²) in [6.07, 6.45) is -4.40. The number of halogens is 3. The van der Waals surface area contributed by atoms with Gasteiger partial charge in [0.2, 0.25) is 0 Å². The van der Waals surface area contributed by atoms with Crippen molar-refractivity contribution in [1.29, 1.82) is 0 Å². The van der Waals surface area contributed by atoms with Crippen LogP contribution in [0, 0.1) is 0 Å². The molecule has 0 unspecified atom stereocenters. The number of fused-ring (bicyclic) bond motifs is 1. The number of nitrogens with zero attached hydrogens (tertiary/aromatic N) is 3. The van der Waals surface area contributed by atoms with Gasteiger partial charge in [0.05, 0.1) is 12.1 Å². The first-order valence-corrected chi connectivity index (χ1v) is 9.66. The largest absolute Gasteiger partial charge is 0.416 e. The van der Waals surface area contributed by atoms with E-state index in [1.165, 1.54) is 27.8 Å². The van der Waals surface area contributed by atoms with Crippen molar-refractivity contribution in [3.05, 3.63) is 88.7 Å². The molecular formula is C22H19F3N4O2. The highest BCUT2D eigenvalue weighted by molar-refractivity contribution is 5.98. The van der Waals surface area contributed by atoms with E-state index in [1.54, 1.807) is 0 Å². The van der Waals surface area contributed by atoms with Gasteiger partial charge < -0.3 is 10.2 Å². The van der Waals surface area contributed by atoms with Crippen LogP contribution in [-0.4, -0.2) is 33.0 Å². The fraction of sp³-hybridized carbons (Fsp3) is 0.227. The van der Waals surface area contributed by atoms with Gasteiger partial charge in [0.1, 0.15) is 5.69 Å². The second-order valence-corrected chi connectivity index (χ2v) is 7.23. The molecule has 31 heavy (non-hydrogen) atoms. The molecule has 1 N–H and O–H groups in total. The van der Waals surface area contributed by atoms with Gasteiger partial charge in [-0.3, -0.25) is 14.3 Å². The molecule has 0 saturated carbocycles. The van der Waals surface area contributed by atoms with Crippen molar-refractivity contribution in [1.82, 2.24) is 20.0 Å². The van der Waals surface area contributed by atoms with Crippen LogP contribution in [-0.2, 0) is 25.8 Å². The maximum Gasteiger partial charge on any atom is 0.416 e. The number of hydrogen-bond acceptors (Lipinski definition) is 3. The molecule has 0 atom stereocenters. The Morgan fingerprint density at radius 3 is 2.39 bits per heavy atom. The molecule has 2 amide bonds. The second kappa shape index (κ2) is 8.25. The molecular weight excluding hydrogens is 409 g/mol. The van der Waals surface area contributed by atoms with Gasteiger partial charge in [0.25, 0.3) is 11.8 Å². The Kier molecular flexibility index (Phi) is 5.50. The normalized spacial score (nSPS) is 13.8. The molecule has 1 aliphatic rings. The molecule has 0 aliphatic carbocycles. The molecule has 0 spiro atoms. The maximum absolute atomic E-state index is 12.8. The average Bonchev–Trinajstić information content (AvgIpc) is 3.20. The van der Waals surface area contributed by atoms with Crippen LogP contribution in [0.25, 0.3) is 0 Å². The molecule has 2 aromatic carbocycles. The fourth-order valence-corrected chi connectivity index (χ4v) is 3.39. The van der Waals surface area contributed by atoms with E-state index in [2.05, 4.69) is 10.4 Å². The van der Waals surface area contributed by atoms with E-state index in [4.69, 9.17) is 0 Å². The number of carbonyl (C=O) groups excluding carboxylic acids is 2. The predicted octanol–water partition coefficient (Wildman–Crippen LogP) is 3.49. The molecule has 9 heteroatoms. The van der Waals surface area contributed by atoms with Gasteiger partial charge in [-0.05, 0) is 23.3 Å². The lowest BCUT2D eigenvalue weighted by molar-refractivity contribution is -0.137. The monoisotopic (exact) mass is 428 g/mol. The molecule has 0 fully saturated rings. The van der Waals surface area contributed by atoms with Crippen LogP contribution in [0.1, 0.15) is 37.7 Å². The summed E-state index contributed by atoms with van der Waals surface area (Å²) < 4.78 is 39.6. The van der Waals surface area contributed by atoms with Crippen LogP contribution < -0.4 is 5.32 Å². The highest BCUT2D eigenvalue weighted by Gasteiger charge is 2.31. The number of hydrogen-bond donors (Lipinski definition) is 1. The third-order valence-corrected chi connectivity index (χ3v) is 5.05. The van der Waals surface area contributed by atoms with Crippen molar-refractivity contribution in [2.24, 2.45) is 0 Å². The summed E-state index contributed by atoms with van der Waals surface area (Å²) >= 11 is 0. The van der Waals surface area contributed by atoms with Crippen molar-refractivity contribution in [2.75, 3.05) is 6.54 Å². The maximum atomic E-state index is 12.8. The predicted molar refractivity (Wildman–Crippen MR) is 106 cm³/mol.